The summed E-state index contributed by atoms with van der Waals surface area (Å²) < 4.78 is 0. The van der Waals surface area contributed by atoms with E-state index in [1.165, 1.54) is 23.5 Å². The lowest BCUT2D eigenvalue weighted by Gasteiger charge is -2.18. The van der Waals surface area contributed by atoms with Crippen molar-refractivity contribution in [2.24, 2.45) is 5.92 Å². The van der Waals surface area contributed by atoms with Gasteiger partial charge in [-0.3, -0.25) is 0 Å². The fourth-order valence-corrected chi connectivity index (χ4v) is 3.46. The molecule has 0 aromatic heterocycles. The zero-order valence-electron chi connectivity index (χ0n) is 8.57. The number of nitrogens with two attached hydrogens (primary N) is 1. The van der Waals surface area contributed by atoms with Crippen molar-refractivity contribution in [1.29, 1.82) is 0 Å². The fourth-order valence-electron chi connectivity index (χ4n) is 2.06. The first-order chi connectivity index (χ1) is 6.77. The predicted octanol–water partition coefficient (Wildman–Crippen LogP) is 3.13. The molecular formula is C12H17NS. The molecule has 1 aliphatic rings. The van der Waals surface area contributed by atoms with Crippen LogP contribution in [-0.4, -0.2) is 11.5 Å². The Labute approximate surface area is 90.1 Å². The quantitative estimate of drug-likeness (QED) is 0.754. The Kier molecular flexibility index (Phi) is 3.02. The SMILES string of the molecule is CC(c1cccc(N)c1)C1CCSC1. The molecule has 0 aliphatic carbocycles. The molecule has 1 nitrogen and oxygen atoms in total. The summed E-state index contributed by atoms with van der Waals surface area (Å²) in [6.07, 6.45) is 1.36. The second kappa shape index (κ2) is 4.26. The van der Waals surface area contributed by atoms with Crippen LogP contribution in [0.25, 0.3) is 0 Å². The van der Waals surface area contributed by atoms with Gasteiger partial charge in [-0.1, -0.05) is 19.1 Å². The molecule has 1 saturated heterocycles. The van der Waals surface area contributed by atoms with Gasteiger partial charge >= 0.3 is 0 Å². The molecule has 0 saturated carbocycles. The van der Waals surface area contributed by atoms with Gasteiger partial charge in [0, 0.05) is 5.69 Å². The van der Waals surface area contributed by atoms with E-state index in [-0.39, 0.29) is 0 Å². The van der Waals surface area contributed by atoms with Gasteiger partial charge < -0.3 is 5.73 Å². The third kappa shape index (κ3) is 2.06. The molecule has 2 unspecified atom stereocenters. The Morgan fingerprint density at radius 2 is 2.36 bits per heavy atom. The monoisotopic (exact) mass is 207 g/mol. The summed E-state index contributed by atoms with van der Waals surface area (Å²) >= 11 is 2.08. The molecule has 0 bridgehead atoms. The number of hydrogen-bond acceptors (Lipinski definition) is 2. The molecule has 2 N–H and O–H groups in total. The van der Waals surface area contributed by atoms with Gasteiger partial charge in [-0.05, 0) is 47.5 Å². The van der Waals surface area contributed by atoms with Gasteiger partial charge in [-0.25, -0.2) is 0 Å². The molecule has 1 heterocycles. The highest BCUT2D eigenvalue weighted by Crippen LogP contribution is 2.35. The van der Waals surface area contributed by atoms with Crippen LogP contribution >= 0.6 is 11.8 Å². The Bertz CT molecular complexity index is 305. The summed E-state index contributed by atoms with van der Waals surface area (Å²) in [5, 5.41) is 0. The normalized spacial score (nSPS) is 23.6. The minimum Gasteiger partial charge on any atom is -0.399 e. The molecule has 0 amide bonds. The highest BCUT2D eigenvalue weighted by atomic mass is 32.2. The molecule has 2 heteroatoms. The summed E-state index contributed by atoms with van der Waals surface area (Å²) in [5.41, 5.74) is 8.08. The maximum absolute atomic E-state index is 5.79. The number of anilines is 1. The highest BCUT2D eigenvalue weighted by Gasteiger charge is 2.22. The van der Waals surface area contributed by atoms with E-state index in [4.69, 9.17) is 5.73 Å². The van der Waals surface area contributed by atoms with Crippen molar-refractivity contribution in [3.63, 3.8) is 0 Å². The average Bonchev–Trinajstić information content (AvgIpc) is 2.69. The summed E-state index contributed by atoms with van der Waals surface area (Å²) in [7, 11) is 0. The zero-order valence-corrected chi connectivity index (χ0v) is 9.39. The second-order valence-corrected chi connectivity index (χ2v) is 5.23. The summed E-state index contributed by atoms with van der Waals surface area (Å²) in [5.74, 6) is 4.16. The molecule has 1 aromatic carbocycles. The number of thioether (sulfide) groups is 1. The van der Waals surface area contributed by atoms with Crippen LogP contribution in [0.3, 0.4) is 0 Å². The predicted molar refractivity (Wildman–Crippen MR) is 64.7 cm³/mol. The second-order valence-electron chi connectivity index (χ2n) is 4.08. The van der Waals surface area contributed by atoms with Crippen molar-refractivity contribution in [3.05, 3.63) is 29.8 Å². The summed E-state index contributed by atoms with van der Waals surface area (Å²) in [6.45, 7) is 2.32. The smallest absolute Gasteiger partial charge is 0.0316 e. The van der Waals surface area contributed by atoms with Crippen LogP contribution < -0.4 is 5.73 Å². The van der Waals surface area contributed by atoms with Crippen molar-refractivity contribution in [2.45, 2.75) is 19.3 Å². The number of nitrogen functional groups attached to an aromatic ring is 1. The molecule has 76 valence electrons. The van der Waals surface area contributed by atoms with Crippen molar-refractivity contribution in [3.8, 4) is 0 Å². The first-order valence-electron chi connectivity index (χ1n) is 5.20. The van der Waals surface area contributed by atoms with E-state index in [0.29, 0.717) is 5.92 Å². The van der Waals surface area contributed by atoms with Crippen LogP contribution in [0, 0.1) is 5.92 Å². The molecule has 2 atom stereocenters. The summed E-state index contributed by atoms with van der Waals surface area (Å²) in [4.78, 5) is 0. The number of rotatable bonds is 2. The lowest BCUT2D eigenvalue weighted by atomic mass is 9.87. The van der Waals surface area contributed by atoms with Crippen LogP contribution in [0.15, 0.2) is 24.3 Å². The third-order valence-electron chi connectivity index (χ3n) is 3.11. The Balaban J connectivity index is 2.13. The minimum atomic E-state index is 0.661. The van der Waals surface area contributed by atoms with Gasteiger partial charge in [0.05, 0.1) is 0 Å². The van der Waals surface area contributed by atoms with Crippen molar-refractivity contribution >= 4 is 17.4 Å². The van der Waals surface area contributed by atoms with E-state index in [1.54, 1.807) is 0 Å². The van der Waals surface area contributed by atoms with Crippen molar-refractivity contribution < 1.29 is 0 Å². The van der Waals surface area contributed by atoms with Crippen molar-refractivity contribution in [1.82, 2.24) is 0 Å². The largest absolute Gasteiger partial charge is 0.399 e. The van der Waals surface area contributed by atoms with Crippen LogP contribution in [0.4, 0.5) is 5.69 Å². The first-order valence-corrected chi connectivity index (χ1v) is 6.36. The lowest BCUT2D eigenvalue weighted by Crippen LogP contribution is -2.09. The van der Waals surface area contributed by atoms with Crippen LogP contribution in [0.5, 0.6) is 0 Å². The Morgan fingerprint density at radius 3 is 3.00 bits per heavy atom. The number of benzene rings is 1. The van der Waals surface area contributed by atoms with E-state index in [1.807, 2.05) is 6.07 Å². The van der Waals surface area contributed by atoms with E-state index in [9.17, 15) is 0 Å². The van der Waals surface area contributed by atoms with E-state index in [0.717, 1.165) is 11.6 Å². The molecule has 1 aliphatic heterocycles. The minimum absolute atomic E-state index is 0.661. The molecule has 0 radical (unpaired) electrons. The van der Waals surface area contributed by atoms with Crippen LogP contribution in [-0.2, 0) is 0 Å². The maximum Gasteiger partial charge on any atom is 0.0316 e. The van der Waals surface area contributed by atoms with Gasteiger partial charge in [0.15, 0.2) is 0 Å². The molecule has 1 fully saturated rings. The molecule has 14 heavy (non-hydrogen) atoms. The third-order valence-corrected chi connectivity index (χ3v) is 4.30. The molecular weight excluding hydrogens is 190 g/mol. The van der Waals surface area contributed by atoms with Gasteiger partial charge in [-0.2, -0.15) is 11.8 Å². The highest BCUT2D eigenvalue weighted by molar-refractivity contribution is 7.99. The number of hydrogen-bond donors (Lipinski definition) is 1. The fraction of sp³-hybridized carbons (Fsp3) is 0.500. The van der Waals surface area contributed by atoms with E-state index in [2.05, 4.69) is 36.9 Å². The van der Waals surface area contributed by atoms with Crippen LogP contribution in [0.1, 0.15) is 24.8 Å². The molecule has 1 aromatic rings. The van der Waals surface area contributed by atoms with E-state index >= 15 is 0 Å². The van der Waals surface area contributed by atoms with Gasteiger partial charge in [0.1, 0.15) is 0 Å². The van der Waals surface area contributed by atoms with Gasteiger partial charge in [-0.15, -0.1) is 0 Å². The van der Waals surface area contributed by atoms with Gasteiger partial charge in [0.25, 0.3) is 0 Å². The van der Waals surface area contributed by atoms with Gasteiger partial charge in [0.2, 0.25) is 0 Å². The Hall–Kier alpha value is -0.630. The lowest BCUT2D eigenvalue weighted by molar-refractivity contribution is 0.500. The topological polar surface area (TPSA) is 26.0 Å². The van der Waals surface area contributed by atoms with Crippen LogP contribution in [0.2, 0.25) is 0 Å². The average molecular weight is 207 g/mol. The zero-order chi connectivity index (χ0) is 9.97. The Morgan fingerprint density at radius 1 is 1.50 bits per heavy atom. The molecule has 0 spiro atoms. The van der Waals surface area contributed by atoms with Crippen molar-refractivity contribution in [2.75, 3.05) is 17.2 Å². The van der Waals surface area contributed by atoms with E-state index < -0.39 is 0 Å². The first kappa shape index (κ1) is 9.91. The summed E-state index contributed by atoms with van der Waals surface area (Å²) in [6, 6.07) is 8.33. The standard InChI is InChI=1S/C12H17NS/c1-9(11-5-6-14-8-11)10-3-2-4-12(13)7-10/h2-4,7,9,11H,5-6,8,13H2,1H3. The molecule has 2 rings (SSSR count). The maximum atomic E-state index is 5.79.